The first kappa shape index (κ1) is 36.8. The third-order valence-electron chi connectivity index (χ3n) is 9.29. The number of unbranched alkanes of at least 4 members (excludes halogenated alkanes) is 1. The molecule has 3 unspecified atom stereocenters. The van der Waals surface area contributed by atoms with Gasteiger partial charge < -0.3 is 30.1 Å². The van der Waals surface area contributed by atoms with E-state index in [0.29, 0.717) is 24.9 Å². The van der Waals surface area contributed by atoms with Gasteiger partial charge in [0, 0.05) is 49.0 Å². The number of thioether (sulfide) groups is 1. The van der Waals surface area contributed by atoms with Crippen LogP contribution in [-0.4, -0.2) is 56.0 Å². The molecule has 2 heterocycles. The van der Waals surface area contributed by atoms with Gasteiger partial charge in [0.25, 0.3) is 0 Å². The molecule has 0 spiro atoms. The van der Waals surface area contributed by atoms with Crippen LogP contribution in [0.15, 0.2) is 77.7 Å². The zero-order valence-corrected chi connectivity index (χ0v) is 29.8. The second kappa shape index (κ2) is 18.5. The second-order valence-electron chi connectivity index (χ2n) is 13.2. The van der Waals surface area contributed by atoms with Crippen molar-refractivity contribution < 1.29 is 19.4 Å². The molecule has 0 saturated carbocycles. The molecule has 47 heavy (non-hydrogen) atoms. The number of ether oxygens (including phenoxy) is 2. The summed E-state index contributed by atoms with van der Waals surface area (Å²) in [5.41, 5.74) is 6.34. The maximum atomic E-state index is 12.3. The van der Waals surface area contributed by atoms with Crippen molar-refractivity contribution >= 4 is 29.2 Å². The van der Waals surface area contributed by atoms with Gasteiger partial charge in [-0.25, -0.2) is 4.79 Å². The Balaban J connectivity index is 0.000000223. The van der Waals surface area contributed by atoms with E-state index in [4.69, 9.17) is 9.47 Å². The fourth-order valence-electron chi connectivity index (χ4n) is 6.23. The Morgan fingerprint density at radius 2 is 1.87 bits per heavy atom. The van der Waals surface area contributed by atoms with Crippen molar-refractivity contribution in [1.82, 2.24) is 5.32 Å². The summed E-state index contributed by atoms with van der Waals surface area (Å²) in [4.78, 5) is 16.0. The minimum Gasteiger partial charge on any atom is -0.394 e. The third-order valence-corrected chi connectivity index (χ3v) is 10.8. The normalized spacial score (nSPS) is 22.2. The van der Waals surface area contributed by atoms with Crippen molar-refractivity contribution in [2.45, 2.75) is 102 Å². The fraction of sp³-hybridized carbons (Fsp3) is 0.513. The second-order valence-corrected chi connectivity index (χ2v) is 14.2. The van der Waals surface area contributed by atoms with E-state index in [1.54, 1.807) is 5.56 Å². The van der Waals surface area contributed by atoms with Crippen LogP contribution in [0.5, 0.6) is 0 Å². The quantitative estimate of drug-likeness (QED) is 0.191. The number of aryl methyl sites for hydroxylation is 2. The molecule has 3 N–H and O–H groups in total. The minimum atomic E-state index is -0.513. The molecule has 8 heteroatoms. The molecule has 4 atom stereocenters. The summed E-state index contributed by atoms with van der Waals surface area (Å²) in [7, 11) is 4.26. The SMILES string of the molecule is CCCC[C@@]1(CC)CCc2cc(N(C)C)ccc2SC1.Cc1cccc(NC(=O)NC2CC(OCc3ccccc3)CC(CO)O2)c1. The number of carbonyl (C=O) groups is 1. The van der Waals surface area contributed by atoms with E-state index >= 15 is 0 Å². The summed E-state index contributed by atoms with van der Waals surface area (Å²) in [5.74, 6) is 1.30. The van der Waals surface area contributed by atoms with Crippen LogP contribution < -0.4 is 15.5 Å². The first-order valence-corrected chi connectivity index (χ1v) is 18.2. The van der Waals surface area contributed by atoms with Crippen LogP contribution in [0.4, 0.5) is 16.2 Å². The average molecular weight is 662 g/mol. The number of amides is 2. The Kier molecular flexibility index (Phi) is 14.5. The number of urea groups is 1. The standard InChI is InChI=1S/C21H26N2O4.C18H29NS/c1-15-6-5-9-17(10-15)22-21(25)23-20-12-18(11-19(13-24)27-20)26-14-16-7-3-2-4-8-16;1-5-7-11-18(6-2)12-10-15-13-16(19(3)4)8-9-17(15)20-14-18/h2-10,18-20,24H,11-14H2,1H3,(H2,22,23,25);8-9,13H,5-7,10-12,14H2,1-4H3/t;18-/m.0/s1. The number of carbonyl (C=O) groups excluding carboxylic acids is 1. The zero-order valence-electron chi connectivity index (χ0n) is 29.0. The van der Waals surface area contributed by atoms with Crippen molar-refractivity contribution in [1.29, 1.82) is 0 Å². The molecule has 1 fully saturated rings. The lowest BCUT2D eigenvalue weighted by Crippen LogP contribution is -2.48. The number of aliphatic hydroxyl groups excluding tert-OH is 1. The van der Waals surface area contributed by atoms with E-state index in [0.717, 1.165) is 16.8 Å². The number of hydrogen-bond acceptors (Lipinski definition) is 6. The van der Waals surface area contributed by atoms with Crippen LogP contribution in [0.3, 0.4) is 0 Å². The number of nitrogens with zero attached hydrogens (tertiary/aromatic N) is 1. The Labute approximate surface area is 286 Å². The number of anilines is 2. The van der Waals surface area contributed by atoms with E-state index in [1.807, 2.05) is 61.5 Å². The van der Waals surface area contributed by atoms with Crippen molar-refractivity contribution in [3.8, 4) is 0 Å². The van der Waals surface area contributed by atoms with Gasteiger partial charge in [0.05, 0.1) is 25.4 Å². The molecular weight excluding hydrogens is 607 g/mol. The molecule has 2 aliphatic rings. The smallest absolute Gasteiger partial charge is 0.321 e. The van der Waals surface area contributed by atoms with Crippen molar-refractivity contribution in [2.24, 2.45) is 5.41 Å². The fourth-order valence-corrected chi connectivity index (χ4v) is 7.70. The topological polar surface area (TPSA) is 83.1 Å². The molecule has 256 valence electrons. The molecule has 7 nitrogen and oxygen atoms in total. The molecule has 3 aromatic rings. The molecule has 2 amide bonds. The molecule has 5 rings (SSSR count). The van der Waals surface area contributed by atoms with Gasteiger partial charge in [-0.3, -0.25) is 0 Å². The van der Waals surface area contributed by atoms with Crippen LogP contribution in [0.2, 0.25) is 0 Å². The van der Waals surface area contributed by atoms with Crippen molar-refractivity contribution in [3.63, 3.8) is 0 Å². The van der Waals surface area contributed by atoms with Gasteiger partial charge >= 0.3 is 6.03 Å². The summed E-state index contributed by atoms with van der Waals surface area (Å²) in [6.07, 6.45) is 8.21. The first-order valence-electron chi connectivity index (χ1n) is 17.2. The number of benzene rings is 3. The molecule has 3 aromatic carbocycles. The van der Waals surface area contributed by atoms with Crippen LogP contribution in [0.25, 0.3) is 0 Å². The monoisotopic (exact) mass is 661 g/mol. The lowest BCUT2D eigenvalue weighted by atomic mass is 9.77. The molecule has 2 aliphatic heterocycles. The maximum Gasteiger partial charge on any atom is 0.321 e. The number of aliphatic hydroxyl groups is 1. The Morgan fingerprint density at radius 3 is 2.57 bits per heavy atom. The van der Waals surface area contributed by atoms with Crippen LogP contribution >= 0.6 is 11.8 Å². The van der Waals surface area contributed by atoms with Crippen molar-refractivity contribution in [2.75, 3.05) is 36.7 Å². The summed E-state index contributed by atoms with van der Waals surface area (Å²) in [6, 6.07) is 24.1. The Morgan fingerprint density at radius 1 is 1.06 bits per heavy atom. The van der Waals surface area contributed by atoms with E-state index in [-0.39, 0.29) is 24.8 Å². The molecule has 0 bridgehead atoms. The highest BCUT2D eigenvalue weighted by Gasteiger charge is 2.32. The van der Waals surface area contributed by atoms with E-state index in [2.05, 4.69) is 73.4 Å². The number of nitrogens with one attached hydrogen (secondary N) is 2. The largest absolute Gasteiger partial charge is 0.394 e. The average Bonchev–Trinajstić information content (AvgIpc) is 3.26. The van der Waals surface area contributed by atoms with Crippen LogP contribution in [0, 0.1) is 12.3 Å². The molecular formula is C39H55N3O4S. The van der Waals surface area contributed by atoms with Crippen LogP contribution in [0.1, 0.15) is 75.5 Å². The third kappa shape index (κ3) is 11.6. The van der Waals surface area contributed by atoms with Gasteiger partial charge in [0.1, 0.15) is 6.23 Å². The first-order chi connectivity index (χ1) is 22.7. The summed E-state index contributed by atoms with van der Waals surface area (Å²) >= 11 is 2.09. The van der Waals surface area contributed by atoms with Gasteiger partial charge in [-0.1, -0.05) is 69.2 Å². The molecule has 1 saturated heterocycles. The van der Waals surface area contributed by atoms with E-state index in [9.17, 15) is 9.90 Å². The Hall–Kier alpha value is -3.04. The molecule has 0 aliphatic carbocycles. The molecule has 0 aromatic heterocycles. The van der Waals surface area contributed by atoms with Gasteiger partial charge in [-0.2, -0.15) is 0 Å². The Bertz CT molecular complexity index is 1390. The van der Waals surface area contributed by atoms with Gasteiger partial charge in [-0.15, -0.1) is 11.8 Å². The highest BCUT2D eigenvalue weighted by molar-refractivity contribution is 7.99. The van der Waals surface area contributed by atoms with Gasteiger partial charge in [0.2, 0.25) is 0 Å². The number of rotatable bonds is 11. The summed E-state index contributed by atoms with van der Waals surface area (Å²) in [5, 5.41) is 15.1. The molecule has 0 radical (unpaired) electrons. The number of hydrogen-bond donors (Lipinski definition) is 3. The maximum absolute atomic E-state index is 12.3. The van der Waals surface area contributed by atoms with Gasteiger partial charge in [-0.05, 0) is 85.0 Å². The lowest BCUT2D eigenvalue weighted by Gasteiger charge is -2.34. The minimum absolute atomic E-state index is 0.0969. The van der Waals surface area contributed by atoms with E-state index in [1.165, 1.54) is 54.9 Å². The highest BCUT2D eigenvalue weighted by atomic mass is 32.2. The van der Waals surface area contributed by atoms with Gasteiger partial charge in [0.15, 0.2) is 0 Å². The predicted molar refractivity (Wildman–Crippen MR) is 195 cm³/mol. The van der Waals surface area contributed by atoms with Crippen molar-refractivity contribution in [3.05, 3.63) is 89.5 Å². The summed E-state index contributed by atoms with van der Waals surface area (Å²) in [6.45, 7) is 7.05. The number of fused-ring (bicyclic) bond motifs is 1. The van der Waals surface area contributed by atoms with Crippen LogP contribution in [-0.2, 0) is 22.5 Å². The van der Waals surface area contributed by atoms with E-state index < -0.39 is 6.23 Å². The summed E-state index contributed by atoms with van der Waals surface area (Å²) < 4.78 is 11.7. The zero-order chi connectivity index (χ0) is 33.6. The predicted octanol–water partition coefficient (Wildman–Crippen LogP) is 8.58. The lowest BCUT2D eigenvalue weighted by molar-refractivity contribution is -0.136. The highest BCUT2D eigenvalue weighted by Crippen LogP contribution is 2.44.